The molecule has 2 rings (SSSR count). The molecule has 0 spiro atoms. The number of rotatable bonds is 4. The van der Waals surface area contributed by atoms with Gasteiger partial charge in [0.1, 0.15) is 0 Å². The summed E-state index contributed by atoms with van der Waals surface area (Å²) in [6.45, 7) is 2.03. The van der Waals surface area contributed by atoms with E-state index in [1.807, 2.05) is 37.3 Å². The molecule has 2 atom stereocenters. The number of benzene rings is 1. The molecule has 20 heavy (non-hydrogen) atoms. The van der Waals surface area contributed by atoms with Crippen LogP contribution in [0.4, 0.5) is 8.78 Å². The zero-order valence-electron chi connectivity index (χ0n) is 11.2. The molecule has 1 heterocycles. The lowest BCUT2D eigenvalue weighted by atomic mass is 10.0. The number of hydrogen-bond acceptors (Lipinski definition) is 2. The first-order valence-electron chi connectivity index (χ1n) is 6.42. The van der Waals surface area contributed by atoms with Crippen LogP contribution >= 0.6 is 12.4 Å². The summed E-state index contributed by atoms with van der Waals surface area (Å²) in [5.41, 5.74) is 1.12. The molecule has 0 aliphatic carbocycles. The number of nitrogens with one attached hydrogen (secondary N) is 2. The molecule has 1 saturated heterocycles. The van der Waals surface area contributed by atoms with Crippen molar-refractivity contribution in [2.75, 3.05) is 13.1 Å². The number of carbonyl (C=O) groups excluding carboxylic acids is 1. The van der Waals surface area contributed by atoms with E-state index in [1.54, 1.807) is 0 Å². The molecule has 112 valence electrons. The van der Waals surface area contributed by atoms with Crippen molar-refractivity contribution in [2.45, 2.75) is 31.2 Å². The molecular weight excluding hydrogens is 286 g/mol. The van der Waals surface area contributed by atoms with Crippen LogP contribution in [0.25, 0.3) is 0 Å². The van der Waals surface area contributed by atoms with Gasteiger partial charge in [-0.2, -0.15) is 0 Å². The van der Waals surface area contributed by atoms with Crippen molar-refractivity contribution in [2.24, 2.45) is 0 Å². The SMILES string of the molecule is CC(CNC(=O)C1CC(F)(F)CN1)c1ccccc1.Cl. The summed E-state index contributed by atoms with van der Waals surface area (Å²) in [7, 11) is 0. The van der Waals surface area contributed by atoms with Crippen LogP contribution in [0.5, 0.6) is 0 Å². The minimum atomic E-state index is -2.77. The summed E-state index contributed by atoms with van der Waals surface area (Å²) in [5, 5.41) is 5.27. The third kappa shape index (κ3) is 4.42. The molecule has 2 unspecified atom stereocenters. The van der Waals surface area contributed by atoms with Gasteiger partial charge in [-0.1, -0.05) is 37.3 Å². The van der Waals surface area contributed by atoms with Crippen molar-refractivity contribution in [3.05, 3.63) is 35.9 Å². The largest absolute Gasteiger partial charge is 0.354 e. The average Bonchev–Trinajstić information content (AvgIpc) is 2.77. The summed E-state index contributed by atoms with van der Waals surface area (Å²) in [6, 6.07) is 8.99. The van der Waals surface area contributed by atoms with E-state index in [9.17, 15) is 13.6 Å². The normalized spacial score (nSPS) is 21.9. The van der Waals surface area contributed by atoms with Crippen molar-refractivity contribution < 1.29 is 13.6 Å². The van der Waals surface area contributed by atoms with E-state index in [2.05, 4.69) is 10.6 Å². The van der Waals surface area contributed by atoms with Crippen molar-refractivity contribution in [3.8, 4) is 0 Å². The third-order valence-corrected chi connectivity index (χ3v) is 3.38. The topological polar surface area (TPSA) is 41.1 Å². The number of hydrogen-bond donors (Lipinski definition) is 2. The smallest absolute Gasteiger partial charge is 0.262 e. The molecule has 6 heteroatoms. The second-order valence-corrected chi connectivity index (χ2v) is 5.05. The van der Waals surface area contributed by atoms with E-state index in [1.165, 1.54) is 0 Å². The van der Waals surface area contributed by atoms with Gasteiger partial charge in [0.25, 0.3) is 5.92 Å². The number of amides is 1. The van der Waals surface area contributed by atoms with Gasteiger partial charge >= 0.3 is 0 Å². The van der Waals surface area contributed by atoms with E-state index in [0.29, 0.717) is 6.54 Å². The molecular formula is C14H19ClF2N2O. The van der Waals surface area contributed by atoms with Crippen LogP contribution in [-0.4, -0.2) is 31.0 Å². The highest BCUT2D eigenvalue weighted by Gasteiger charge is 2.42. The van der Waals surface area contributed by atoms with Crippen LogP contribution < -0.4 is 10.6 Å². The van der Waals surface area contributed by atoms with Gasteiger partial charge in [0.15, 0.2) is 0 Å². The maximum Gasteiger partial charge on any atom is 0.262 e. The Morgan fingerprint density at radius 1 is 1.45 bits per heavy atom. The first kappa shape index (κ1) is 16.9. The molecule has 1 aromatic carbocycles. The summed E-state index contributed by atoms with van der Waals surface area (Å²) in [6.07, 6.45) is -0.418. The summed E-state index contributed by atoms with van der Waals surface area (Å²) in [4.78, 5) is 11.8. The summed E-state index contributed by atoms with van der Waals surface area (Å²) < 4.78 is 26.0. The monoisotopic (exact) mass is 304 g/mol. The number of carbonyl (C=O) groups is 1. The molecule has 1 aliphatic heterocycles. The van der Waals surface area contributed by atoms with E-state index in [0.717, 1.165) is 5.56 Å². The minimum absolute atomic E-state index is 0. The van der Waals surface area contributed by atoms with E-state index >= 15 is 0 Å². The molecule has 1 aliphatic rings. The Morgan fingerprint density at radius 3 is 2.65 bits per heavy atom. The Hall–Kier alpha value is -1.20. The first-order valence-corrected chi connectivity index (χ1v) is 6.42. The third-order valence-electron chi connectivity index (χ3n) is 3.38. The van der Waals surface area contributed by atoms with Gasteiger partial charge < -0.3 is 5.32 Å². The van der Waals surface area contributed by atoms with Crippen molar-refractivity contribution in [1.82, 2.24) is 10.6 Å². The molecule has 0 saturated carbocycles. The lowest BCUT2D eigenvalue weighted by Gasteiger charge is -2.15. The number of halogens is 3. The van der Waals surface area contributed by atoms with E-state index < -0.39 is 24.9 Å². The summed E-state index contributed by atoms with van der Waals surface area (Å²) in [5.74, 6) is -2.96. The van der Waals surface area contributed by atoms with Crippen LogP contribution in [0.1, 0.15) is 24.8 Å². The highest BCUT2D eigenvalue weighted by atomic mass is 35.5. The maximum atomic E-state index is 13.0. The van der Waals surface area contributed by atoms with Crippen molar-refractivity contribution in [1.29, 1.82) is 0 Å². The quantitative estimate of drug-likeness (QED) is 0.896. The van der Waals surface area contributed by atoms with E-state index in [-0.39, 0.29) is 24.2 Å². The van der Waals surface area contributed by atoms with Gasteiger partial charge in [-0.25, -0.2) is 8.78 Å². The standard InChI is InChI=1S/C14H18F2N2O.ClH/c1-10(11-5-3-2-4-6-11)8-17-13(19)12-7-14(15,16)9-18-12;/h2-6,10,12,18H,7-9H2,1H3,(H,17,19);1H. The predicted molar refractivity (Wildman–Crippen MR) is 76.5 cm³/mol. The molecule has 1 fully saturated rings. The van der Waals surface area contributed by atoms with Crippen LogP contribution in [0.2, 0.25) is 0 Å². The Kier molecular flexibility index (Phi) is 5.89. The molecule has 3 nitrogen and oxygen atoms in total. The second-order valence-electron chi connectivity index (χ2n) is 5.05. The Bertz CT molecular complexity index is 442. The summed E-state index contributed by atoms with van der Waals surface area (Å²) >= 11 is 0. The fraction of sp³-hybridized carbons (Fsp3) is 0.500. The maximum absolute atomic E-state index is 13.0. The van der Waals surface area contributed by atoms with Gasteiger partial charge in [-0.05, 0) is 11.5 Å². The lowest BCUT2D eigenvalue weighted by molar-refractivity contribution is -0.123. The molecule has 2 N–H and O–H groups in total. The van der Waals surface area contributed by atoms with E-state index in [4.69, 9.17) is 0 Å². The van der Waals surface area contributed by atoms with Gasteiger partial charge in [0, 0.05) is 13.0 Å². The Balaban J connectivity index is 0.00000200. The fourth-order valence-corrected chi connectivity index (χ4v) is 2.18. The minimum Gasteiger partial charge on any atom is -0.354 e. The van der Waals surface area contributed by atoms with Crippen LogP contribution in [0.3, 0.4) is 0 Å². The highest BCUT2D eigenvalue weighted by molar-refractivity contribution is 5.85. The molecule has 0 bridgehead atoms. The average molecular weight is 305 g/mol. The van der Waals surface area contributed by atoms with Crippen LogP contribution in [0.15, 0.2) is 30.3 Å². The predicted octanol–water partition coefficient (Wildman–Crippen LogP) is 2.33. The number of alkyl halides is 2. The Labute approximate surface area is 123 Å². The zero-order chi connectivity index (χ0) is 13.9. The second kappa shape index (κ2) is 6.99. The molecule has 1 aromatic rings. The first-order chi connectivity index (χ1) is 8.98. The van der Waals surface area contributed by atoms with Gasteiger partial charge in [0.2, 0.25) is 5.91 Å². The van der Waals surface area contributed by atoms with Crippen molar-refractivity contribution >= 4 is 18.3 Å². The Morgan fingerprint density at radius 2 is 2.10 bits per heavy atom. The lowest BCUT2D eigenvalue weighted by Crippen LogP contribution is -2.41. The van der Waals surface area contributed by atoms with Crippen LogP contribution in [0, 0.1) is 0 Å². The molecule has 0 aromatic heterocycles. The van der Waals surface area contributed by atoms with Gasteiger partial charge in [-0.3, -0.25) is 10.1 Å². The molecule has 1 amide bonds. The van der Waals surface area contributed by atoms with Crippen molar-refractivity contribution in [3.63, 3.8) is 0 Å². The molecule has 0 radical (unpaired) electrons. The van der Waals surface area contributed by atoms with Crippen LogP contribution in [-0.2, 0) is 4.79 Å². The van der Waals surface area contributed by atoms with Gasteiger partial charge in [0.05, 0.1) is 12.6 Å². The fourth-order valence-electron chi connectivity index (χ4n) is 2.18. The highest BCUT2D eigenvalue weighted by Crippen LogP contribution is 2.25. The zero-order valence-corrected chi connectivity index (χ0v) is 12.1. The van der Waals surface area contributed by atoms with Gasteiger partial charge in [-0.15, -0.1) is 12.4 Å².